The molecule has 1 aromatic heterocycles. The maximum absolute atomic E-state index is 12.3. The fraction of sp³-hybridized carbons (Fsp3) is 0.333. The van der Waals surface area contributed by atoms with Crippen molar-refractivity contribution in [3.05, 3.63) is 58.7 Å². The van der Waals surface area contributed by atoms with Gasteiger partial charge in [0.1, 0.15) is 5.03 Å². The highest BCUT2D eigenvalue weighted by Crippen LogP contribution is 2.28. The Morgan fingerprint density at radius 1 is 1.00 bits per heavy atom. The predicted octanol–water partition coefficient (Wildman–Crippen LogP) is 4.63. The van der Waals surface area contributed by atoms with Gasteiger partial charge >= 0.3 is 0 Å². The Bertz CT molecular complexity index is 1070. The van der Waals surface area contributed by atoms with Gasteiger partial charge in [0, 0.05) is 11.9 Å². The second kappa shape index (κ2) is 9.85. The van der Waals surface area contributed by atoms with Gasteiger partial charge in [-0.05, 0) is 73.7 Å². The number of thioether (sulfide) groups is 1. The molecule has 0 spiro atoms. The molecule has 1 N–H and O–H groups in total. The van der Waals surface area contributed by atoms with E-state index in [1.165, 1.54) is 28.3 Å². The van der Waals surface area contributed by atoms with E-state index in [0.717, 1.165) is 28.1 Å². The number of nitrogens with zero attached hydrogens (tertiary/aromatic N) is 1. The van der Waals surface area contributed by atoms with Crippen molar-refractivity contribution in [1.82, 2.24) is 10.3 Å². The molecule has 6 heteroatoms. The Balaban J connectivity index is 1.55. The number of pyridine rings is 1. The lowest BCUT2D eigenvalue weighted by Crippen LogP contribution is -2.27. The van der Waals surface area contributed by atoms with Gasteiger partial charge in [-0.2, -0.15) is 0 Å². The van der Waals surface area contributed by atoms with Gasteiger partial charge < -0.3 is 14.8 Å². The van der Waals surface area contributed by atoms with Crippen LogP contribution < -0.4 is 14.8 Å². The summed E-state index contributed by atoms with van der Waals surface area (Å²) in [6.07, 6.45) is 0.725. The molecule has 0 saturated heterocycles. The van der Waals surface area contributed by atoms with Crippen LogP contribution >= 0.6 is 11.8 Å². The van der Waals surface area contributed by atoms with E-state index in [1.54, 1.807) is 14.2 Å². The van der Waals surface area contributed by atoms with Gasteiger partial charge in [0.25, 0.3) is 0 Å². The molecular formula is C24H28N2O3S. The largest absolute Gasteiger partial charge is 0.493 e. The molecule has 0 aliphatic carbocycles. The summed E-state index contributed by atoms with van der Waals surface area (Å²) < 4.78 is 10.6. The van der Waals surface area contributed by atoms with Crippen LogP contribution in [-0.4, -0.2) is 37.4 Å². The summed E-state index contributed by atoms with van der Waals surface area (Å²) in [5, 5.41) is 5.06. The van der Waals surface area contributed by atoms with Gasteiger partial charge in [-0.1, -0.05) is 23.9 Å². The van der Waals surface area contributed by atoms with E-state index in [9.17, 15) is 4.79 Å². The third kappa shape index (κ3) is 5.25. The molecule has 3 aromatic rings. The first-order chi connectivity index (χ1) is 14.4. The predicted molar refractivity (Wildman–Crippen MR) is 123 cm³/mol. The average molecular weight is 425 g/mol. The third-order valence-electron chi connectivity index (χ3n) is 4.95. The summed E-state index contributed by atoms with van der Waals surface area (Å²) in [5.41, 5.74) is 5.58. The fourth-order valence-electron chi connectivity index (χ4n) is 3.43. The highest BCUT2D eigenvalue weighted by atomic mass is 32.2. The van der Waals surface area contributed by atoms with Crippen LogP contribution in [0.2, 0.25) is 0 Å². The van der Waals surface area contributed by atoms with E-state index in [1.807, 2.05) is 25.1 Å². The number of aryl methyl sites for hydroxylation is 3. The molecule has 1 heterocycles. The van der Waals surface area contributed by atoms with Crippen molar-refractivity contribution in [3.63, 3.8) is 0 Å². The van der Waals surface area contributed by atoms with E-state index in [4.69, 9.17) is 14.5 Å². The smallest absolute Gasteiger partial charge is 0.230 e. The molecule has 2 aromatic carbocycles. The number of carbonyl (C=O) groups excluding carboxylic acids is 1. The van der Waals surface area contributed by atoms with Crippen molar-refractivity contribution in [1.29, 1.82) is 0 Å². The van der Waals surface area contributed by atoms with E-state index in [-0.39, 0.29) is 5.91 Å². The van der Waals surface area contributed by atoms with Gasteiger partial charge in [-0.15, -0.1) is 0 Å². The molecule has 1 amide bonds. The lowest BCUT2D eigenvalue weighted by atomic mass is 10.1. The number of nitrogens with one attached hydrogen (secondary N) is 1. The van der Waals surface area contributed by atoms with E-state index < -0.39 is 0 Å². The summed E-state index contributed by atoms with van der Waals surface area (Å²) >= 11 is 1.48. The van der Waals surface area contributed by atoms with Crippen LogP contribution in [0.1, 0.15) is 22.3 Å². The quantitative estimate of drug-likeness (QED) is 0.534. The summed E-state index contributed by atoms with van der Waals surface area (Å²) in [4.78, 5) is 17.1. The first-order valence-electron chi connectivity index (χ1n) is 9.90. The second-order valence-electron chi connectivity index (χ2n) is 7.34. The number of amides is 1. The van der Waals surface area contributed by atoms with Crippen molar-refractivity contribution in [2.24, 2.45) is 0 Å². The van der Waals surface area contributed by atoms with Crippen molar-refractivity contribution in [2.75, 3.05) is 26.5 Å². The van der Waals surface area contributed by atoms with Crippen LogP contribution in [-0.2, 0) is 11.2 Å². The van der Waals surface area contributed by atoms with Crippen LogP contribution in [0, 0.1) is 20.8 Å². The van der Waals surface area contributed by atoms with E-state index in [2.05, 4.69) is 37.4 Å². The SMILES string of the molecule is COc1ccc(CCNC(=O)CSc2nc3cc(C)cc(C)c3cc2C)cc1OC. The summed E-state index contributed by atoms with van der Waals surface area (Å²) in [6, 6.07) is 12.2. The number of methoxy groups -OCH3 is 2. The molecule has 0 atom stereocenters. The number of carbonyl (C=O) groups is 1. The van der Waals surface area contributed by atoms with E-state index >= 15 is 0 Å². The molecule has 0 aliphatic heterocycles. The van der Waals surface area contributed by atoms with Crippen molar-refractivity contribution >= 4 is 28.6 Å². The van der Waals surface area contributed by atoms with Crippen molar-refractivity contribution in [2.45, 2.75) is 32.2 Å². The molecule has 0 bridgehead atoms. The van der Waals surface area contributed by atoms with Crippen LogP contribution in [0.3, 0.4) is 0 Å². The first kappa shape index (κ1) is 22.0. The number of benzene rings is 2. The summed E-state index contributed by atoms with van der Waals surface area (Å²) in [7, 11) is 3.23. The minimum absolute atomic E-state index is 0.00203. The van der Waals surface area contributed by atoms with Gasteiger partial charge in [0.2, 0.25) is 5.91 Å². The number of hydrogen-bond acceptors (Lipinski definition) is 5. The summed E-state index contributed by atoms with van der Waals surface area (Å²) in [6.45, 7) is 6.79. The highest BCUT2D eigenvalue weighted by molar-refractivity contribution is 7.99. The number of aromatic nitrogens is 1. The molecule has 0 unspecified atom stereocenters. The number of hydrogen-bond donors (Lipinski definition) is 1. The lowest BCUT2D eigenvalue weighted by molar-refractivity contribution is -0.118. The molecular weight excluding hydrogens is 396 g/mol. The first-order valence-corrected chi connectivity index (χ1v) is 10.9. The zero-order valence-corrected chi connectivity index (χ0v) is 19.0. The van der Waals surface area contributed by atoms with Gasteiger partial charge in [0.05, 0.1) is 25.5 Å². The minimum atomic E-state index is 0.00203. The fourth-order valence-corrected chi connectivity index (χ4v) is 4.25. The zero-order chi connectivity index (χ0) is 21.7. The average Bonchev–Trinajstić information content (AvgIpc) is 2.72. The van der Waals surface area contributed by atoms with Crippen LogP contribution in [0.25, 0.3) is 10.9 Å². The molecule has 158 valence electrons. The molecule has 0 saturated carbocycles. The maximum atomic E-state index is 12.3. The molecule has 0 aliphatic rings. The van der Waals surface area contributed by atoms with Gasteiger partial charge in [0.15, 0.2) is 11.5 Å². The molecule has 30 heavy (non-hydrogen) atoms. The molecule has 3 rings (SSSR count). The van der Waals surface area contributed by atoms with Gasteiger partial charge in [-0.25, -0.2) is 4.98 Å². The van der Waals surface area contributed by atoms with E-state index in [0.29, 0.717) is 23.8 Å². The van der Waals surface area contributed by atoms with Crippen molar-refractivity contribution in [3.8, 4) is 11.5 Å². The van der Waals surface area contributed by atoms with Crippen LogP contribution in [0.15, 0.2) is 41.4 Å². The minimum Gasteiger partial charge on any atom is -0.493 e. The van der Waals surface area contributed by atoms with Crippen LogP contribution in [0.4, 0.5) is 0 Å². The normalized spacial score (nSPS) is 10.8. The molecule has 0 fully saturated rings. The van der Waals surface area contributed by atoms with Crippen LogP contribution in [0.5, 0.6) is 11.5 Å². The Morgan fingerprint density at radius 2 is 1.77 bits per heavy atom. The summed E-state index contributed by atoms with van der Waals surface area (Å²) in [5.74, 6) is 1.74. The number of rotatable bonds is 8. The standard InChI is InChI=1S/C24H28N2O3S/c1-15-10-16(2)19-12-17(3)24(26-20(19)11-15)30-14-23(27)25-9-8-18-6-7-21(28-4)22(13-18)29-5/h6-7,10-13H,8-9,14H2,1-5H3,(H,25,27). The number of ether oxygens (including phenoxy) is 2. The van der Waals surface area contributed by atoms with Crippen molar-refractivity contribution < 1.29 is 14.3 Å². The van der Waals surface area contributed by atoms with Gasteiger partial charge in [-0.3, -0.25) is 4.79 Å². The Labute approximate surface area is 182 Å². The molecule has 5 nitrogen and oxygen atoms in total. The Hall–Kier alpha value is -2.73. The topological polar surface area (TPSA) is 60.5 Å². The lowest BCUT2D eigenvalue weighted by Gasteiger charge is -2.11. The Kier molecular flexibility index (Phi) is 7.21. The zero-order valence-electron chi connectivity index (χ0n) is 18.2. The third-order valence-corrected chi connectivity index (χ3v) is 6.05. The Morgan fingerprint density at radius 3 is 2.50 bits per heavy atom. The monoisotopic (exact) mass is 424 g/mol. The maximum Gasteiger partial charge on any atom is 0.230 e. The number of fused-ring (bicyclic) bond motifs is 1. The highest BCUT2D eigenvalue weighted by Gasteiger charge is 2.10. The second-order valence-corrected chi connectivity index (χ2v) is 8.30. The molecule has 0 radical (unpaired) electrons.